The van der Waals surface area contributed by atoms with Crippen molar-refractivity contribution in [2.45, 2.75) is 52.9 Å². The van der Waals surface area contributed by atoms with Crippen LogP contribution in [-0.2, 0) is 4.79 Å². The minimum Gasteiger partial charge on any atom is -0.352 e. The molecule has 1 fully saturated rings. The molecule has 1 aliphatic rings. The molecule has 0 atom stereocenters. The zero-order valence-electron chi connectivity index (χ0n) is 10.9. The third-order valence-electron chi connectivity index (χ3n) is 3.46. The maximum atomic E-state index is 11.4. The van der Waals surface area contributed by atoms with E-state index in [0.717, 1.165) is 12.5 Å². The van der Waals surface area contributed by atoms with Crippen LogP contribution in [0, 0.1) is 11.3 Å². The zero-order chi connectivity index (χ0) is 12.0. The van der Waals surface area contributed by atoms with Crippen LogP contribution in [0.4, 0.5) is 0 Å². The third kappa shape index (κ3) is 3.99. The van der Waals surface area contributed by atoms with Gasteiger partial charge in [-0.2, -0.15) is 0 Å². The summed E-state index contributed by atoms with van der Waals surface area (Å²) in [5.41, 5.74) is 0.380. The molecule has 0 saturated heterocycles. The van der Waals surface area contributed by atoms with Crippen molar-refractivity contribution in [1.29, 1.82) is 0 Å². The summed E-state index contributed by atoms with van der Waals surface area (Å²) in [6.45, 7) is 7.27. The highest BCUT2D eigenvalue weighted by atomic mass is 16.1. The van der Waals surface area contributed by atoms with Crippen molar-refractivity contribution in [3.8, 4) is 0 Å². The van der Waals surface area contributed by atoms with Gasteiger partial charge in [0.2, 0.25) is 5.91 Å². The van der Waals surface area contributed by atoms with Gasteiger partial charge in [-0.1, -0.05) is 32.8 Å². The van der Waals surface area contributed by atoms with Crippen molar-refractivity contribution in [2.75, 3.05) is 6.54 Å². The number of rotatable bonds is 5. The zero-order valence-corrected chi connectivity index (χ0v) is 10.9. The summed E-state index contributed by atoms with van der Waals surface area (Å²) in [5, 5.41) is 3.05. The van der Waals surface area contributed by atoms with Crippen LogP contribution in [0.5, 0.6) is 0 Å². The van der Waals surface area contributed by atoms with Crippen molar-refractivity contribution in [2.24, 2.45) is 11.3 Å². The molecule has 92 valence electrons. The maximum Gasteiger partial charge on any atom is 0.243 e. The number of nitrogens with one attached hydrogen (secondary N) is 1. The minimum absolute atomic E-state index is 0.0533. The van der Waals surface area contributed by atoms with Gasteiger partial charge in [0.1, 0.15) is 0 Å². The highest BCUT2D eigenvalue weighted by molar-refractivity contribution is 5.87. The average molecular weight is 223 g/mol. The first-order valence-corrected chi connectivity index (χ1v) is 6.48. The molecule has 0 aromatic carbocycles. The molecule has 0 heterocycles. The summed E-state index contributed by atoms with van der Waals surface area (Å²) in [7, 11) is 0. The summed E-state index contributed by atoms with van der Waals surface area (Å²) in [5.74, 6) is 0.772. The van der Waals surface area contributed by atoms with Crippen LogP contribution in [0.15, 0.2) is 12.2 Å². The maximum absolute atomic E-state index is 11.4. The van der Waals surface area contributed by atoms with E-state index < -0.39 is 0 Å². The SMILES string of the molecule is CC=CC(=O)NCC1(CC(C)C)CCCC1. The molecule has 1 N–H and O–H groups in total. The molecule has 1 saturated carbocycles. The van der Waals surface area contributed by atoms with Gasteiger partial charge in [-0.25, -0.2) is 0 Å². The van der Waals surface area contributed by atoms with Crippen molar-refractivity contribution >= 4 is 5.91 Å². The van der Waals surface area contributed by atoms with Crippen molar-refractivity contribution in [1.82, 2.24) is 5.32 Å². The van der Waals surface area contributed by atoms with E-state index in [-0.39, 0.29) is 5.91 Å². The monoisotopic (exact) mass is 223 g/mol. The average Bonchev–Trinajstić information content (AvgIpc) is 2.64. The molecule has 1 amide bonds. The number of hydrogen-bond donors (Lipinski definition) is 1. The summed E-state index contributed by atoms with van der Waals surface area (Å²) >= 11 is 0. The topological polar surface area (TPSA) is 29.1 Å². The van der Waals surface area contributed by atoms with Crippen LogP contribution >= 0.6 is 0 Å². The Morgan fingerprint density at radius 1 is 1.38 bits per heavy atom. The fourth-order valence-electron chi connectivity index (χ4n) is 2.93. The van der Waals surface area contributed by atoms with Gasteiger partial charge in [0.15, 0.2) is 0 Å². The molecule has 1 aliphatic carbocycles. The molecule has 0 aromatic rings. The summed E-state index contributed by atoms with van der Waals surface area (Å²) < 4.78 is 0. The minimum atomic E-state index is 0.0533. The van der Waals surface area contributed by atoms with E-state index in [0.29, 0.717) is 5.41 Å². The molecule has 2 heteroatoms. The van der Waals surface area contributed by atoms with Gasteiger partial charge in [-0.15, -0.1) is 0 Å². The summed E-state index contributed by atoms with van der Waals surface area (Å²) in [4.78, 5) is 11.4. The molecule has 0 spiro atoms. The largest absolute Gasteiger partial charge is 0.352 e. The lowest BCUT2D eigenvalue weighted by molar-refractivity contribution is -0.117. The Labute approximate surface area is 99.5 Å². The van der Waals surface area contributed by atoms with Crippen LogP contribution in [0.1, 0.15) is 52.9 Å². The molecular weight excluding hydrogens is 198 g/mol. The first-order chi connectivity index (χ1) is 7.58. The Bertz CT molecular complexity index is 249. The molecule has 16 heavy (non-hydrogen) atoms. The fourth-order valence-corrected chi connectivity index (χ4v) is 2.93. The Kier molecular flexibility index (Phi) is 5.04. The molecule has 0 aliphatic heterocycles. The standard InChI is InChI=1S/C14H25NO/c1-4-7-13(16)15-11-14(10-12(2)3)8-5-6-9-14/h4,7,12H,5-6,8-11H2,1-3H3,(H,15,16). The Morgan fingerprint density at radius 2 is 2.00 bits per heavy atom. The molecule has 0 radical (unpaired) electrons. The normalized spacial score (nSPS) is 19.5. The number of hydrogen-bond acceptors (Lipinski definition) is 1. The van der Waals surface area contributed by atoms with Gasteiger partial charge in [-0.05, 0) is 43.6 Å². The van der Waals surface area contributed by atoms with E-state index in [1.807, 2.05) is 6.92 Å². The molecular formula is C14H25NO. The quantitative estimate of drug-likeness (QED) is 0.712. The van der Waals surface area contributed by atoms with Gasteiger partial charge in [0.25, 0.3) is 0 Å². The van der Waals surface area contributed by atoms with Gasteiger partial charge >= 0.3 is 0 Å². The molecule has 2 nitrogen and oxygen atoms in total. The van der Waals surface area contributed by atoms with E-state index in [4.69, 9.17) is 0 Å². The summed E-state index contributed by atoms with van der Waals surface area (Å²) in [6, 6.07) is 0. The first-order valence-electron chi connectivity index (χ1n) is 6.48. The first kappa shape index (κ1) is 13.3. The molecule has 0 aromatic heterocycles. The Morgan fingerprint density at radius 3 is 2.50 bits per heavy atom. The molecule has 1 rings (SSSR count). The van der Waals surface area contributed by atoms with E-state index in [1.165, 1.54) is 32.1 Å². The second kappa shape index (κ2) is 6.07. The number of allylic oxidation sites excluding steroid dienone is 1. The van der Waals surface area contributed by atoms with Crippen molar-refractivity contribution < 1.29 is 4.79 Å². The summed E-state index contributed by atoms with van der Waals surface area (Å²) in [6.07, 6.45) is 9.85. The van der Waals surface area contributed by atoms with Gasteiger partial charge in [0, 0.05) is 6.54 Å². The lowest BCUT2D eigenvalue weighted by atomic mass is 9.78. The molecule has 0 bridgehead atoms. The van der Waals surface area contributed by atoms with Crippen LogP contribution in [0.2, 0.25) is 0 Å². The second-order valence-electron chi connectivity index (χ2n) is 5.52. The van der Waals surface area contributed by atoms with E-state index in [9.17, 15) is 4.79 Å². The lowest BCUT2D eigenvalue weighted by Crippen LogP contribution is -2.36. The second-order valence-corrected chi connectivity index (χ2v) is 5.52. The van der Waals surface area contributed by atoms with E-state index in [1.54, 1.807) is 12.2 Å². The van der Waals surface area contributed by atoms with Crippen molar-refractivity contribution in [3.05, 3.63) is 12.2 Å². The van der Waals surface area contributed by atoms with Crippen LogP contribution in [-0.4, -0.2) is 12.5 Å². The van der Waals surface area contributed by atoms with Crippen molar-refractivity contribution in [3.63, 3.8) is 0 Å². The predicted octanol–water partition coefficient (Wildman–Crippen LogP) is 3.29. The Hall–Kier alpha value is -0.790. The number of amides is 1. The van der Waals surface area contributed by atoms with Gasteiger partial charge < -0.3 is 5.32 Å². The highest BCUT2D eigenvalue weighted by Gasteiger charge is 2.34. The van der Waals surface area contributed by atoms with Crippen LogP contribution < -0.4 is 5.32 Å². The Balaban J connectivity index is 2.48. The van der Waals surface area contributed by atoms with Gasteiger partial charge in [-0.3, -0.25) is 4.79 Å². The van der Waals surface area contributed by atoms with E-state index in [2.05, 4.69) is 19.2 Å². The predicted molar refractivity (Wildman–Crippen MR) is 68.2 cm³/mol. The molecule has 0 unspecified atom stereocenters. The lowest BCUT2D eigenvalue weighted by Gasteiger charge is -2.31. The van der Waals surface area contributed by atoms with E-state index >= 15 is 0 Å². The number of carbonyl (C=O) groups is 1. The van der Waals surface area contributed by atoms with Crippen LogP contribution in [0.3, 0.4) is 0 Å². The van der Waals surface area contributed by atoms with Gasteiger partial charge in [0.05, 0.1) is 0 Å². The highest BCUT2D eigenvalue weighted by Crippen LogP contribution is 2.42. The third-order valence-corrected chi connectivity index (χ3v) is 3.46. The smallest absolute Gasteiger partial charge is 0.243 e. The van der Waals surface area contributed by atoms with Crippen LogP contribution in [0.25, 0.3) is 0 Å². The number of carbonyl (C=O) groups excluding carboxylic acids is 1. The fraction of sp³-hybridized carbons (Fsp3) is 0.786.